The van der Waals surface area contributed by atoms with E-state index >= 15 is 0 Å². The number of esters is 1. The van der Waals surface area contributed by atoms with Gasteiger partial charge in [-0.15, -0.1) is 12.4 Å². The molecule has 0 saturated carbocycles. The van der Waals surface area contributed by atoms with E-state index in [1.807, 2.05) is 7.05 Å². The molecule has 0 radical (unpaired) electrons. The maximum absolute atomic E-state index is 13.3. The van der Waals surface area contributed by atoms with Gasteiger partial charge in [-0.25, -0.2) is 9.18 Å². The third-order valence-corrected chi connectivity index (χ3v) is 2.90. The molecular weight excluding hydrogens is 269 g/mol. The van der Waals surface area contributed by atoms with E-state index in [9.17, 15) is 9.18 Å². The lowest BCUT2D eigenvalue weighted by Gasteiger charge is -2.31. The first-order valence-electron chi connectivity index (χ1n) is 5.95. The van der Waals surface area contributed by atoms with Crippen LogP contribution in [0.2, 0.25) is 0 Å². The van der Waals surface area contributed by atoms with Gasteiger partial charge in [0.25, 0.3) is 0 Å². The fraction of sp³-hybridized carbons (Fsp3) is 0.500. The average Bonchev–Trinajstić information content (AvgIpc) is 2.28. The van der Waals surface area contributed by atoms with Gasteiger partial charge in [0.15, 0.2) is 0 Å². The van der Waals surface area contributed by atoms with Gasteiger partial charge in [0.05, 0.1) is 5.56 Å². The van der Waals surface area contributed by atoms with Crippen LogP contribution in [-0.4, -0.2) is 36.6 Å². The highest BCUT2D eigenvalue weighted by Crippen LogP contribution is 2.10. The van der Waals surface area contributed by atoms with Crippen LogP contribution in [0.15, 0.2) is 24.3 Å². The lowest BCUT2D eigenvalue weighted by Crippen LogP contribution is -2.40. The Hall–Kier alpha value is -1.13. The lowest BCUT2D eigenvalue weighted by atomic mass is 10.1. The number of hydrogen-bond donors (Lipinski definition) is 0. The molecule has 0 atom stereocenters. The number of ether oxygens (including phenoxy) is 1. The van der Waals surface area contributed by atoms with Crippen molar-refractivity contribution >= 4 is 18.4 Å². The third-order valence-electron chi connectivity index (χ3n) is 2.90. The number of benzene rings is 1. The number of carbonyl (C=O) groups is 1. The topological polar surface area (TPSA) is 29.5 Å². The van der Waals surface area contributed by atoms with E-state index < -0.39 is 11.8 Å². The molecule has 1 aromatic carbocycles. The summed E-state index contributed by atoms with van der Waals surface area (Å²) in [5.74, 6) is -1.16. The zero-order valence-electron chi connectivity index (χ0n) is 11.8. The van der Waals surface area contributed by atoms with Gasteiger partial charge in [0.1, 0.15) is 12.4 Å². The van der Waals surface area contributed by atoms with E-state index in [1.54, 1.807) is 12.1 Å². The van der Waals surface area contributed by atoms with Gasteiger partial charge < -0.3 is 4.74 Å². The zero-order chi connectivity index (χ0) is 13.8. The minimum absolute atomic E-state index is 0. The van der Waals surface area contributed by atoms with Crippen molar-refractivity contribution in [2.24, 2.45) is 0 Å². The Bertz CT molecular complexity index is 418. The molecule has 0 heterocycles. The molecule has 1 rings (SSSR count). The highest BCUT2D eigenvalue weighted by molar-refractivity contribution is 5.89. The van der Waals surface area contributed by atoms with Crippen molar-refractivity contribution in [2.75, 3.05) is 20.2 Å². The quantitative estimate of drug-likeness (QED) is 0.798. The van der Waals surface area contributed by atoms with E-state index in [-0.39, 0.29) is 30.1 Å². The van der Waals surface area contributed by atoms with Crippen molar-refractivity contribution in [3.8, 4) is 0 Å². The fourth-order valence-electron chi connectivity index (χ4n) is 1.32. The Kier molecular flexibility index (Phi) is 7.01. The summed E-state index contributed by atoms with van der Waals surface area (Å²) in [5, 5.41) is 0. The van der Waals surface area contributed by atoms with Crippen LogP contribution in [0.5, 0.6) is 0 Å². The Morgan fingerprint density at radius 3 is 2.42 bits per heavy atom. The molecular formula is C14H21ClFNO2. The summed E-state index contributed by atoms with van der Waals surface area (Å²) < 4.78 is 18.4. The van der Waals surface area contributed by atoms with Gasteiger partial charge in [0.2, 0.25) is 0 Å². The number of carbonyl (C=O) groups excluding carboxylic acids is 1. The summed E-state index contributed by atoms with van der Waals surface area (Å²) in [5.41, 5.74) is 0.000584. The Balaban J connectivity index is 0.00000324. The van der Waals surface area contributed by atoms with Crippen molar-refractivity contribution in [1.82, 2.24) is 4.90 Å². The van der Waals surface area contributed by atoms with Gasteiger partial charge in [-0.3, -0.25) is 4.90 Å². The van der Waals surface area contributed by atoms with E-state index in [2.05, 4.69) is 25.7 Å². The van der Waals surface area contributed by atoms with Crippen molar-refractivity contribution in [1.29, 1.82) is 0 Å². The van der Waals surface area contributed by atoms with Gasteiger partial charge in [0, 0.05) is 12.1 Å². The van der Waals surface area contributed by atoms with Crippen molar-refractivity contribution < 1.29 is 13.9 Å². The van der Waals surface area contributed by atoms with Crippen molar-refractivity contribution in [3.63, 3.8) is 0 Å². The summed E-state index contributed by atoms with van der Waals surface area (Å²) in [4.78, 5) is 13.7. The van der Waals surface area contributed by atoms with Gasteiger partial charge in [-0.1, -0.05) is 12.1 Å². The van der Waals surface area contributed by atoms with Crippen LogP contribution in [0.25, 0.3) is 0 Å². The maximum Gasteiger partial charge on any atom is 0.341 e. The Morgan fingerprint density at radius 1 is 1.32 bits per heavy atom. The van der Waals surface area contributed by atoms with Gasteiger partial charge in [-0.2, -0.15) is 0 Å². The van der Waals surface area contributed by atoms with Crippen LogP contribution in [0.4, 0.5) is 4.39 Å². The normalized spacial score (nSPS) is 11.1. The average molecular weight is 290 g/mol. The first-order chi connectivity index (χ1) is 8.32. The lowest BCUT2D eigenvalue weighted by molar-refractivity contribution is 0.0418. The molecule has 0 aliphatic heterocycles. The molecule has 0 bridgehead atoms. The van der Waals surface area contributed by atoms with Gasteiger partial charge >= 0.3 is 5.97 Å². The Labute approximate surface area is 120 Å². The zero-order valence-corrected chi connectivity index (χ0v) is 12.6. The third kappa shape index (κ3) is 5.57. The molecule has 1 aromatic rings. The summed E-state index contributed by atoms with van der Waals surface area (Å²) in [6.45, 7) is 7.09. The van der Waals surface area contributed by atoms with E-state index in [0.717, 1.165) is 0 Å². The summed E-state index contributed by atoms with van der Waals surface area (Å²) in [6.07, 6.45) is 0. The largest absolute Gasteiger partial charge is 0.461 e. The van der Waals surface area contributed by atoms with Crippen LogP contribution in [0.3, 0.4) is 0 Å². The molecule has 0 aliphatic rings. The first kappa shape index (κ1) is 17.9. The number of nitrogens with zero attached hydrogens (tertiary/aromatic N) is 1. The minimum atomic E-state index is -0.615. The minimum Gasteiger partial charge on any atom is -0.461 e. The number of likely N-dealkylation sites (N-methyl/N-ethyl adjacent to an activating group) is 1. The predicted molar refractivity (Wildman–Crippen MR) is 76.3 cm³/mol. The van der Waals surface area contributed by atoms with E-state index in [4.69, 9.17) is 4.74 Å². The Morgan fingerprint density at radius 2 is 1.89 bits per heavy atom. The molecule has 0 saturated heterocycles. The summed E-state index contributed by atoms with van der Waals surface area (Å²) in [6, 6.07) is 5.82. The number of halogens is 2. The second kappa shape index (κ2) is 7.46. The highest BCUT2D eigenvalue weighted by atomic mass is 35.5. The summed E-state index contributed by atoms with van der Waals surface area (Å²) in [7, 11) is 1.96. The molecule has 3 nitrogen and oxygen atoms in total. The van der Waals surface area contributed by atoms with Crippen LogP contribution in [-0.2, 0) is 4.74 Å². The second-order valence-corrected chi connectivity index (χ2v) is 5.21. The second-order valence-electron chi connectivity index (χ2n) is 5.21. The molecule has 0 amide bonds. The molecule has 0 N–H and O–H groups in total. The summed E-state index contributed by atoms with van der Waals surface area (Å²) >= 11 is 0. The van der Waals surface area contributed by atoms with Gasteiger partial charge in [-0.05, 0) is 40.0 Å². The standard InChI is InChI=1S/C14H20FNO2.ClH/c1-14(2,3)16(4)9-10-18-13(17)11-7-5-6-8-12(11)15;/h5-8H,9-10H2,1-4H3;1H. The highest BCUT2D eigenvalue weighted by Gasteiger charge is 2.17. The molecule has 19 heavy (non-hydrogen) atoms. The van der Waals surface area contributed by atoms with Crippen LogP contribution in [0.1, 0.15) is 31.1 Å². The van der Waals surface area contributed by atoms with E-state index in [0.29, 0.717) is 6.54 Å². The SMILES string of the molecule is CN(CCOC(=O)c1ccccc1F)C(C)(C)C.Cl. The molecule has 0 aromatic heterocycles. The van der Waals surface area contributed by atoms with Crippen LogP contribution in [0, 0.1) is 5.82 Å². The fourth-order valence-corrected chi connectivity index (χ4v) is 1.32. The predicted octanol–water partition coefficient (Wildman–Crippen LogP) is 3.13. The molecule has 0 aliphatic carbocycles. The maximum atomic E-state index is 13.3. The van der Waals surface area contributed by atoms with E-state index in [1.165, 1.54) is 12.1 Å². The van der Waals surface area contributed by atoms with Crippen molar-refractivity contribution in [3.05, 3.63) is 35.6 Å². The monoisotopic (exact) mass is 289 g/mol. The van der Waals surface area contributed by atoms with Crippen LogP contribution >= 0.6 is 12.4 Å². The molecule has 0 unspecified atom stereocenters. The van der Waals surface area contributed by atoms with Crippen molar-refractivity contribution in [2.45, 2.75) is 26.3 Å². The molecule has 108 valence electrons. The molecule has 5 heteroatoms. The van der Waals surface area contributed by atoms with Crippen LogP contribution < -0.4 is 0 Å². The molecule has 0 fully saturated rings. The molecule has 0 spiro atoms. The number of rotatable bonds is 4. The smallest absolute Gasteiger partial charge is 0.341 e. The first-order valence-corrected chi connectivity index (χ1v) is 5.95. The number of hydrogen-bond acceptors (Lipinski definition) is 3.